The van der Waals surface area contributed by atoms with E-state index < -0.39 is 5.91 Å². The molecule has 2 fully saturated rings. The molecule has 7 nitrogen and oxygen atoms in total. The summed E-state index contributed by atoms with van der Waals surface area (Å²) in [5, 5.41) is 16.1. The maximum absolute atomic E-state index is 11.5. The second-order valence-corrected chi connectivity index (χ2v) is 6.66. The molecule has 0 radical (unpaired) electrons. The smallest absolute Gasteiger partial charge is 0.254 e. The molecule has 0 unspecified atom stereocenters. The first-order chi connectivity index (χ1) is 10.5. The zero-order valence-electron chi connectivity index (χ0n) is 12.8. The van der Waals surface area contributed by atoms with Crippen molar-refractivity contribution >= 4 is 17.7 Å². The zero-order chi connectivity index (χ0) is 15.7. The third-order valence-electron chi connectivity index (χ3n) is 4.50. The van der Waals surface area contributed by atoms with Crippen LogP contribution in [-0.4, -0.2) is 38.7 Å². The Labute approximate surface area is 129 Å². The van der Waals surface area contributed by atoms with Gasteiger partial charge in [-0.3, -0.25) is 4.79 Å². The molecule has 0 saturated heterocycles. The van der Waals surface area contributed by atoms with E-state index in [4.69, 9.17) is 5.73 Å². The summed E-state index contributed by atoms with van der Waals surface area (Å²) in [7, 11) is 0. The number of rotatable bonds is 5. The van der Waals surface area contributed by atoms with Crippen molar-refractivity contribution in [3.05, 3.63) is 11.8 Å². The van der Waals surface area contributed by atoms with Gasteiger partial charge in [-0.2, -0.15) is 4.98 Å². The number of nitrogens with two attached hydrogens (primary N) is 1. The first-order valence-electron chi connectivity index (χ1n) is 7.85. The summed E-state index contributed by atoms with van der Waals surface area (Å²) in [6.07, 6.45) is 6.76. The lowest BCUT2D eigenvalue weighted by molar-refractivity contribution is 0.100. The molecule has 1 amide bonds. The third-order valence-corrected chi connectivity index (χ3v) is 4.50. The molecule has 0 atom stereocenters. The van der Waals surface area contributed by atoms with Crippen LogP contribution in [0.25, 0.3) is 0 Å². The van der Waals surface area contributed by atoms with Gasteiger partial charge in [-0.15, -0.1) is 0 Å². The molecule has 0 spiro atoms. The maximum Gasteiger partial charge on any atom is 0.254 e. The number of nitrogens with one attached hydrogen (secondary N) is 2. The highest BCUT2D eigenvalue weighted by atomic mass is 16.3. The molecule has 22 heavy (non-hydrogen) atoms. The number of hydrogen-bond acceptors (Lipinski definition) is 6. The number of carbonyl (C=O) groups is 1. The van der Waals surface area contributed by atoms with Crippen molar-refractivity contribution in [1.82, 2.24) is 9.97 Å². The largest absolute Gasteiger partial charge is 0.393 e. The summed E-state index contributed by atoms with van der Waals surface area (Å²) in [5.74, 6) is 0.470. The number of aromatic nitrogens is 2. The second-order valence-electron chi connectivity index (χ2n) is 6.66. The van der Waals surface area contributed by atoms with Gasteiger partial charge >= 0.3 is 0 Å². The topological polar surface area (TPSA) is 113 Å². The minimum Gasteiger partial charge on any atom is -0.393 e. The van der Waals surface area contributed by atoms with Crippen LogP contribution in [0, 0.1) is 0 Å². The van der Waals surface area contributed by atoms with Crippen LogP contribution < -0.4 is 16.4 Å². The number of aliphatic hydroxyl groups is 1. The lowest BCUT2D eigenvalue weighted by Gasteiger charge is -2.26. The Morgan fingerprint density at radius 1 is 1.36 bits per heavy atom. The van der Waals surface area contributed by atoms with Crippen LogP contribution in [0.4, 0.5) is 11.8 Å². The number of primary amides is 1. The van der Waals surface area contributed by atoms with Crippen LogP contribution in [0.1, 0.15) is 55.8 Å². The summed E-state index contributed by atoms with van der Waals surface area (Å²) < 4.78 is 0. The molecule has 1 heterocycles. The Morgan fingerprint density at radius 3 is 2.64 bits per heavy atom. The number of hydrogen-bond donors (Lipinski definition) is 4. The average Bonchev–Trinajstić information content (AvgIpc) is 3.18. The first kappa shape index (κ1) is 15.0. The standard InChI is InChI=1S/C15H23N5O2/c1-15(6-7-15)20-13-11(12(16)22)8-17-14(19-13)18-9-2-4-10(21)5-3-9/h8-10,21H,2-7H2,1H3,(H2,16,22)(H2,17,18,19,20)/t9-,10-. The fourth-order valence-electron chi connectivity index (χ4n) is 2.73. The van der Waals surface area contributed by atoms with E-state index in [0.29, 0.717) is 17.3 Å². The molecule has 2 aliphatic carbocycles. The Bertz CT molecular complexity index is 565. The van der Waals surface area contributed by atoms with Gasteiger partial charge < -0.3 is 21.5 Å². The van der Waals surface area contributed by atoms with Crippen LogP contribution in [0.5, 0.6) is 0 Å². The average molecular weight is 305 g/mol. The lowest BCUT2D eigenvalue weighted by atomic mass is 9.93. The summed E-state index contributed by atoms with van der Waals surface area (Å²) in [4.78, 5) is 20.2. The summed E-state index contributed by atoms with van der Waals surface area (Å²) in [5.41, 5.74) is 5.72. The SMILES string of the molecule is CC1(Nc2nc(N[C@H]3CC[C@H](O)CC3)ncc2C(N)=O)CC1. The highest BCUT2D eigenvalue weighted by Gasteiger charge is 2.38. The van der Waals surface area contributed by atoms with Gasteiger partial charge in [0.05, 0.1) is 11.7 Å². The number of nitrogens with zero attached hydrogens (tertiary/aromatic N) is 2. The van der Waals surface area contributed by atoms with Gasteiger partial charge in [-0.1, -0.05) is 0 Å². The van der Waals surface area contributed by atoms with Crippen molar-refractivity contribution in [3.63, 3.8) is 0 Å². The van der Waals surface area contributed by atoms with Gasteiger partial charge in [0, 0.05) is 17.8 Å². The molecule has 2 aliphatic rings. The van der Waals surface area contributed by atoms with Crippen molar-refractivity contribution < 1.29 is 9.90 Å². The van der Waals surface area contributed by atoms with E-state index in [-0.39, 0.29) is 17.7 Å². The van der Waals surface area contributed by atoms with Crippen molar-refractivity contribution in [2.24, 2.45) is 5.73 Å². The Balaban J connectivity index is 1.74. The molecule has 0 bridgehead atoms. The predicted molar refractivity (Wildman–Crippen MR) is 83.7 cm³/mol. The van der Waals surface area contributed by atoms with E-state index in [2.05, 4.69) is 27.5 Å². The first-order valence-corrected chi connectivity index (χ1v) is 7.85. The van der Waals surface area contributed by atoms with Gasteiger partial charge in [-0.25, -0.2) is 4.98 Å². The molecule has 1 aromatic rings. The van der Waals surface area contributed by atoms with E-state index in [1.54, 1.807) is 0 Å². The van der Waals surface area contributed by atoms with Gasteiger partial charge in [0.25, 0.3) is 5.91 Å². The summed E-state index contributed by atoms with van der Waals surface area (Å²) in [6, 6.07) is 0.257. The lowest BCUT2D eigenvalue weighted by Crippen LogP contribution is -2.29. The predicted octanol–water partition coefficient (Wildman–Crippen LogP) is 1.26. The fraction of sp³-hybridized carbons (Fsp3) is 0.667. The highest BCUT2D eigenvalue weighted by Crippen LogP contribution is 2.38. The van der Waals surface area contributed by atoms with E-state index >= 15 is 0 Å². The quantitative estimate of drug-likeness (QED) is 0.651. The van der Waals surface area contributed by atoms with E-state index in [0.717, 1.165) is 38.5 Å². The van der Waals surface area contributed by atoms with Gasteiger partial charge in [-0.05, 0) is 45.4 Å². The molecule has 2 saturated carbocycles. The minimum absolute atomic E-state index is 0.00473. The van der Waals surface area contributed by atoms with Crippen LogP contribution in [0.15, 0.2) is 6.20 Å². The molecule has 0 aromatic carbocycles. The number of anilines is 2. The molecule has 3 rings (SSSR count). The zero-order valence-corrected chi connectivity index (χ0v) is 12.8. The minimum atomic E-state index is -0.529. The number of amides is 1. The molecule has 0 aliphatic heterocycles. The van der Waals surface area contributed by atoms with Crippen molar-refractivity contribution in [2.45, 2.75) is 63.1 Å². The Kier molecular flexibility index (Phi) is 3.90. The Hall–Kier alpha value is -1.89. The third kappa shape index (κ3) is 3.47. The maximum atomic E-state index is 11.5. The van der Waals surface area contributed by atoms with Crippen molar-refractivity contribution in [3.8, 4) is 0 Å². The van der Waals surface area contributed by atoms with Crippen LogP contribution in [0.2, 0.25) is 0 Å². The van der Waals surface area contributed by atoms with Crippen LogP contribution >= 0.6 is 0 Å². The fourth-order valence-corrected chi connectivity index (χ4v) is 2.73. The van der Waals surface area contributed by atoms with Crippen molar-refractivity contribution in [1.29, 1.82) is 0 Å². The molecular weight excluding hydrogens is 282 g/mol. The van der Waals surface area contributed by atoms with Crippen LogP contribution in [-0.2, 0) is 0 Å². The van der Waals surface area contributed by atoms with Crippen molar-refractivity contribution in [2.75, 3.05) is 10.6 Å². The summed E-state index contributed by atoms with van der Waals surface area (Å²) >= 11 is 0. The second kappa shape index (κ2) is 5.72. The van der Waals surface area contributed by atoms with Gasteiger partial charge in [0.15, 0.2) is 0 Å². The van der Waals surface area contributed by atoms with E-state index in [9.17, 15) is 9.90 Å². The molecule has 120 valence electrons. The molecule has 5 N–H and O–H groups in total. The molecule has 1 aromatic heterocycles. The molecule has 7 heteroatoms. The molecular formula is C15H23N5O2. The number of carbonyl (C=O) groups excluding carboxylic acids is 1. The van der Waals surface area contributed by atoms with E-state index in [1.807, 2.05) is 0 Å². The normalized spacial score (nSPS) is 26.3. The van der Waals surface area contributed by atoms with Crippen LogP contribution in [0.3, 0.4) is 0 Å². The van der Waals surface area contributed by atoms with Gasteiger partial charge in [0.2, 0.25) is 5.95 Å². The monoisotopic (exact) mass is 305 g/mol. The highest BCUT2D eigenvalue weighted by molar-refractivity contribution is 5.97. The summed E-state index contributed by atoms with van der Waals surface area (Å²) in [6.45, 7) is 2.09. The van der Waals surface area contributed by atoms with Gasteiger partial charge in [0.1, 0.15) is 5.82 Å². The Morgan fingerprint density at radius 2 is 2.05 bits per heavy atom. The van der Waals surface area contributed by atoms with E-state index in [1.165, 1.54) is 6.20 Å². The number of aliphatic hydroxyl groups excluding tert-OH is 1.